The van der Waals surface area contributed by atoms with Crippen LogP contribution in [0.25, 0.3) is 238 Å². The van der Waals surface area contributed by atoms with Crippen molar-refractivity contribution in [2.24, 2.45) is 0 Å². The van der Waals surface area contributed by atoms with E-state index in [1.807, 2.05) is 146 Å². The zero-order valence-electron chi connectivity index (χ0n) is 70.4. The van der Waals surface area contributed by atoms with Gasteiger partial charge in [-0.3, -0.25) is 4.57 Å². The monoisotopic (exact) mass is 1690 g/mol. The summed E-state index contributed by atoms with van der Waals surface area (Å²) in [7, 11) is 0. The second-order valence-corrected chi connectivity index (χ2v) is 33.3. The molecule has 0 aliphatic heterocycles. The van der Waals surface area contributed by atoms with E-state index in [1.54, 1.807) is 11.3 Å². The summed E-state index contributed by atoms with van der Waals surface area (Å²) < 4.78 is 15.8. The maximum Gasteiger partial charge on any atom is 0.238 e. The highest BCUT2D eigenvalue weighted by atomic mass is 32.1. The van der Waals surface area contributed by atoms with Crippen LogP contribution in [0.15, 0.2) is 453 Å². The summed E-state index contributed by atoms with van der Waals surface area (Å²) in [4.78, 5) is 44.8. The summed E-state index contributed by atoms with van der Waals surface area (Å²) in [6.07, 6.45) is 0. The molecule has 0 radical (unpaired) electrons. The molecule has 0 unspecified atom stereocenters. The highest BCUT2D eigenvalue weighted by Crippen LogP contribution is 2.46. The molecule has 614 valence electrons. The molecule has 0 bridgehead atoms. The molecule has 14 heteroatoms. The fourth-order valence-electron chi connectivity index (χ4n) is 18.2. The zero-order valence-corrected chi connectivity index (χ0v) is 71.2. The number of aromatic nitrogens is 12. The van der Waals surface area contributed by atoms with Gasteiger partial charge in [-0.05, 0) is 113 Å². The molecule has 0 fully saturated rings. The maximum atomic E-state index is 6.51. The van der Waals surface area contributed by atoms with Crippen LogP contribution >= 0.6 is 11.3 Å². The average Bonchev–Trinajstić information content (AvgIpc) is 1.53. The molecule has 0 N–H and O–H groups in total. The Labute approximate surface area is 756 Å². The molecule has 26 rings (SSSR count). The van der Waals surface area contributed by atoms with Crippen molar-refractivity contribution in [3.8, 4) is 131 Å². The molecule has 131 heavy (non-hydrogen) atoms. The predicted octanol–water partition coefficient (Wildman–Crippen LogP) is 29.8. The van der Waals surface area contributed by atoms with Gasteiger partial charge >= 0.3 is 0 Å². The van der Waals surface area contributed by atoms with Crippen molar-refractivity contribution in [2.45, 2.75) is 0 Å². The summed E-state index contributed by atoms with van der Waals surface area (Å²) in [6, 6.07) is 155. The Kier molecular flexibility index (Phi) is 19.4. The van der Waals surface area contributed by atoms with E-state index < -0.39 is 0 Å². The predicted molar refractivity (Wildman–Crippen MR) is 537 cm³/mol. The number of rotatable bonds is 13. The van der Waals surface area contributed by atoms with Gasteiger partial charge in [-0.15, -0.1) is 11.3 Å². The first kappa shape index (κ1) is 77.0. The van der Waals surface area contributed by atoms with Crippen LogP contribution in [0.5, 0.6) is 0 Å². The van der Waals surface area contributed by atoms with Gasteiger partial charge in [0.1, 0.15) is 5.58 Å². The molecule has 0 aliphatic carbocycles. The van der Waals surface area contributed by atoms with Crippen LogP contribution in [0.2, 0.25) is 0 Å². The number of para-hydroxylation sites is 6. The third kappa shape index (κ3) is 14.2. The van der Waals surface area contributed by atoms with Crippen molar-refractivity contribution in [2.75, 3.05) is 0 Å². The van der Waals surface area contributed by atoms with Gasteiger partial charge in [-0.25, -0.2) is 34.9 Å². The molecular formula is C117H74N12OS. The van der Waals surface area contributed by atoms with Gasteiger partial charge in [-0.2, -0.15) is 9.97 Å². The highest BCUT2D eigenvalue weighted by Gasteiger charge is 2.25. The second-order valence-electron chi connectivity index (χ2n) is 32.3. The van der Waals surface area contributed by atoms with Gasteiger partial charge in [0.05, 0.1) is 33.1 Å². The number of thiophene rings is 1. The molecule has 8 aromatic heterocycles. The van der Waals surface area contributed by atoms with Crippen LogP contribution in [0.1, 0.15) is 0 Å². The number of nitrogens with zero attached hydrogens (tertiary/aromatic N) is 12. The zero-order chi connectivity index (χ0) is 86.7. The third-order valence-electron chi connectivity index (χ3n) is 24.4. The van der Waals surface area contributed by atoms with E-state index in [4.69, 9.17) is 49.3 Å². The molecule has 13 nitrogen and oxygen atoms in total. The molecule has 0 spiro atoms. The number of benzene rings is 18. The van der Waals surface area contributed by atoms with E-state index in [1.165, 1.54) is 69.3 Å². The van der Waals surface area contributed by atoms with Crippen LogP contribution in [0.4, 0.5) is 0 Å². The Hall–Kier alpha value is -17.6. The largest absolute Gasteiger partial charge is 0.454 e. The minimum atomic E-state index is 0.594. The standard InChI is InChI=1S/C39H24N4O.C39H24N4S.C39H26N4/c1-3-11-25(12-4-1)37-40-38(26-13-5-2-6-14-26)42-39(41-37)27-19-21-28(22-20-27)43-33-17-9-7-15-29(33)31-23-24-32-30-16-8-10-18-34(30)44-36(32)35(31)43;1-4-13-25(14-5-1)37-40-38(26-15-6-2-7-16-26)42-39(41-37)30-21-12-20-29-32-23-31-28-19-10-11-22-33(28)43(27-17-8-3-9-18-27)34(31)24-35(32)44-36(29)30;1-3-11-27(12-4-1)29-19-23-31(24-20-29)37-40-38(32-25-21-30(22-26-32)28-13-5-2-6-14-28)42-39(41-37)43-35-17-9-7-15-33(35)34-16-8-10-18-36(34)43/h2*1-24H;1-26H. The van der Waals surface area contributed by atoms with Gasteiger partial charge in [-0.1, -0.05) is 358 Å². The van der Waals surface area contributed by atoms with Crippen LogP contribution in [0, 0.1) is 0 Å². The lowest BCUT2D eigenvalue weighted by atomic mass is 10.0. The van der Waals surface area contributed by atoms with Crippen LogP contribution in [-0.4, -0.2) is 58.6 Å². The normalized spacial score (nSPS) is 11.5. The number of hydrogen-bond donors (Lipinski definition) is 0. The van der Waals surface area contributed by atoms with E-state index >= 15 is 0 Å². The minimum Gasteiger partial charge on any atom is -0.454 e. The molecule has 0 saturated heterocycles. The lowest BCUT2D eigenvalue weighted by molar-refractivity contribution is 0.671. The van der Waals surface area contributed by atoms with Gasteiger partial charge in [0.25, 0.3) is 0 Å². The average molecular weight is 1700 g/mol. The lowest BCUT2D eigenvalue weighted by Crippen LogP contribution is -2.06. The topological polar surface area (TPSA) is 144 Å². The van der Waals surface area contributed by atoms with E-state index in [2.05, 4.69) is 317 Å². The molecule has 26 aromatic rings. The number of furan rings is 1. The summed E-state index contributed by atoms with van der Waals surface area (Å²) in [5.41, 5.74) is 23.0. The van der Waals surface area contributed by atoms with Crippen molar-refractivity contribution in [1.82, 2.24) is 58.6 Å². The van der Waals surface area contributed by atoms with Crippen molar-refractivity contribution < 1.29 is 4.42 Å². The number of fused-ring (bicyclic) bond motifs is 16. The fraction of sp³-hybridized carbons (Fsp3) is 0. The molecule has 0 atom stereocenters. The van der Waals surface area contributed by atoms with Gasteiger partial charge in [0.15, 0.2) is 52.2 Å². The molecule has 0 amide bonds. The van der Waals surface area contributed by atoms with Gasteiger partial charge < -0.3 is 13.6 Å². The second kappa shape index (κ2) is 33.1. The van der Waals surface area contributed by atoms with Crippen LogP contribution in [-0.2, 0) is 0 Å². The van der Waals surface area contributed by atoms with Crippen molar-refractivity contribution >= 4 is 119 Å². The van der Waals surface area contributed by atoms with E-state index in [0.717, 1.165) is 116 Å². The Morgan fingerprint density at radius 1 is 0.191 bits per heavy atom. The Balaban J connectivity index is 0.000000109. The van der Waals surface area contributed by atoms with Crippen LogP contribution in [0.3, 0.4) is 0 Å². The summed E-state index contributed by atoms with van der Waals surface area (Å²) in [5.74, 6) is 5.80. The molecule has 0 saturated carbocycles. The van der Waals surface area contributed by atoms with E-state index in [-0.39, 0.29) is 0 Å². The SMILES string of the molecule is c1ccc(-c2ccc(-c3nc(-c4ccc(-c5ccccc5)cc4)nc(-n4c5ccccc5c5ccccc54)n3)cc2)cc1.c1ccc(-c2nc(-c3ccccc3)nc(-c3ccc(-n4c5ccccc5c5ccc6c7ccccc7oc6c54)cc3)n2)cc1.c1ccc(-c2nc(-c3ccccc3)nc(-c3cccc4c3sc3cc5c(cc34)c3ccccc3n5-c3ccccc3)n2)cc1. The third-order valence-corrected chi connectivity index (χ3v) is 25.6. The fourth-order valence-corrected chi connectivity index (χ4v) is 19.4. The molecule has 18 aromatic carbocycles. The first-order valence-corrected chi connectivity index (χ1v) is 44.5. The molecular weight excluding hydrogens is 1620 g/mol. The molecule has 0 aliphatic rings. The van der Waals surface area contributed by atoms with Crippen molar-refractivity contribution in [1.29, 1.82) is 0 Å². The van der Waals surface area contributed by atoms with E-state index in [0.29, 0.717) is 52.5 Å². The summed E-state index contributed by atoms with van der Waals surface area (Å²) in [6.45, 7) is 0. The highest BCUT2D eigenvalue weighted by molar-refractivity contribution is 7.26. The Morgan fingerprint density at radius 3 is 0.977 bits per heavy atom. The first-order chi connectivity index (χ1) is 64.9. The quantitative estimate of drug-likeness (QED) is 0.109. The summed E-state index contributed by atoms with van der Waals surface area (Å²) in [5, 5.41) is 11.9. The Bertz CT molecular complexity index is 8520. The molecule has 8 heterocycles. The van der Waals surface area contributed by atoms with Gasteiger partial charge in [0.2, 0.25) is 5.95 Å². The van der Waals surface area contributed by atoms with Crippen LogP contribution < -0.4 is 0 Å². The smallest absolute Gasteiger partial charge is 0.238 e. The summed E-state index contributed by atoms with van der Waals surface area (Å²) >= 11 is 1.80. The maximum absolute atomic E-state index is 6.51. The van der Waals surface area contributed by atoms with Crippen molar-refractivity contribution in [3.63, 3.8) is 0 Å². The Morgan fingerprint density at radius 2 is 0.511 bits per heavy atom. The number of hydrogen-bond acceptors (Lipinski definition) is 11. The van der Waals surface area contributed by atoms with Crippen molar-refractivity contribution in [3.05, 3.63) is 449 Å². The minimum absolute atomic E-state index is 0.594. The van der Waals surface area contributed by atoms with E-state index in [9.17, 15) is 0 Å². The lowest BCUT2D eigenvalue weighted by Gasteiger charge is -2.11. The first-order valence-electron chi connectivity index (χ1n) is 43.6. The van der Waals surface area contributed by atoms with Gasteiger partial charge in [0, 0.05) is 119 Å².